The molecule has 3 heteroatoms. The standard InChI is InChI=1S/C37H22N2S/c1-2-8-23(9-3-1)31-17-19-33-36(38-31)35-32(18-16-30-29-12-6-7-13-34(29)40-37(30)35)39(33)28-15-14-26-20-24-10-4-5-11-25(24)21-27(26)22-28/h1-22H. The molecule has 6 aromatic carbocycles. The molecule has 3 heterocycles. The second-order valence-electron chi connectivity index (χ2n) is 10.4. The second kappa shape index (κ2) is 8.25. The Balaban J connectivity index is 1.40. The highest BCUT2D eigenvalue weighted by Gasteiger charge is 2.19. The van der Waals surface area contributed by atoms with Gasteiger partial charge in [-0.05, 0) is 70.1 Å². The Kier molecular flexibility index (Phi) is 4.52. The summed E-state index contributed by atoms with van der Waals surface area (Å²) >= 11 is 1.87. The summed E-state index contributed by atoms with van der Waals surface area (Å²) in [5, 5.41) is 8.85. The summed E-state index contributed by atoms with van der Waals surface area (Å²) in [7, 11) is 0. The first-order chi connectivity index (χ1) is 19.8. The van der Waals surface area contributed by atoms with Gasteiger partial charge in [0.05, 0.1) is 22.2 Å². The van der Waals surface area contributed by atoms with Crippen LogP contribution in [0.3, 0.4) is 0 Å². The highest BCUT2D eigenvalue weighted by Crippen LogP contribution is 2.43. The van der Waals surface area contributed by atoms with Crippen molar-refractivity contribution in [1.82, 2.24) is 9.55 Å². The molecule has 0 bridgehead atoms. The number of benzene rings is 6. The van der Waals surface area contributed by atoms with E-state index in [1.165, 1.54) is 52.6 Å². The fourth-order valence-electron chi connectivity index (χ4n) is 6.25. The molecule has 2 nitrogen and oxygen atoms in total. The molecule has 0 aliphatic carbocycles. The van der Waals surface area contributed by atoms with E-state index in [1.54, 1.807) is 0 Å². The SMILES string of the molecule is c1ccc(-c2ccc3c(n2)c2c4sc5ccccc5c4ccc2n3-c2ccc3cc4ccccc4cc3c2)cc1. The molecule has 0 aliphatic rings. The van der Waals surface area contributed by atoms with Crippen LogP contribution in [-0.4, -0.2) is 9.55 Å². The minimum atomic E-state index is 0.996. The molecule has 0 aliphatic heterocycles. The average molecular weight is 527 g/mol. The zero-order chi connectivity index (χ0) is 26.2. The van der Waals surface area contributed by atoms with Crippen molar-refractivity contribution in [2.75, 3.05) is 0 Å². The van der Waals surface area contributed by atoms with Crippen LogP contribution >= 0.6 is 11.3 Å². The molecule has 0 atom stereocenters. The Morgan fingerprint density at radius 3 is 2.12 bits per heavy atom. The van der Waals surface area contributed by atoms with E-state index in [-0.39, 0.29) is 0 Å². The van der Waals surface area contributed by atoms with Crippen molar-refractivity contribution in [2.24, 2.45) is 0 Å². The van der Waals surface area contributed by atoms with Crippen LogP contribution in [-0.2, 0) is 0 Å². The van der Waals surface area contributed by atoms with Crippen molar-refractivity contribution >= 4 is 75.0 Å². The molecule has 0 N–H and O–H groups in total. The van der Waals surface area contributed by atoms with Crippen molar-refractivity contribution < 1.29 is 0 Å². The van der Waals surface area contributed by atoms with Gasteiger partial charge in [0.25, 0.3) is 0 Å². The lowest BCUT2D eigenvalue weighted by molar-refractivity contribution is 1.18. The topological polar surface area (TPSA) is 17.8 Å². The summed E-state index contributed by atoms with van der Waals surface area (Å²) in [4.78, 5) is 5.33. The number of hydrogen-bond donors (Lipinski definition) is 0. The van der Waals surface area contributed by atoms with E-state index in [1.807, 2.05) is 11.3 Å². The van der Waals surface area contributed by atoms with E-state index in [4.69, 9.17) is 4.98 Å². The largest absolute Gasteiger partial charge is 0.308 e. The Labute approximate surface area is 234 Å². The lowest BCUT2D eigenvalue weighted by Crippen LogP contribution is -1.94. The summed E-state index contributed by atoms with van der Waals surface area (Å²) in [5.41, 5.74) is 6.64. The predicted octanol–water partition coefficient (Wildman–Crippen LogP) is 10.5. The van der Waals surface area contributed by atoms with Crippen molar-refractivity contribution in [1.29, 1.82) is 0 Å². The van der Waals surface area contributed by atoms with Gasteiger partial charge in [-0.25, -0.2) is 4.98 Å². The van der Waals surface area contributed by atoms with Crippen molar-refractivity contribution in [3.8, 4) is 16.9 Å². The summed E-state index contributed by atoms with van der Waals surface area (Å²) in [6.45, 7) is 0. The minimum Gasteiger partial charge on any atom is -0.308 e. The zero-order valence-electron chi connectivity index (χ0n) is 21.5. The molecule has 3 aromatic heterocycles. The zero-order valence-corrected chi connectivity index (χ0v) is 22.3. The number of rotatable bonds is 2. The van der Waals surface area contributed by atoms with Crippen LogP contribution < -0.4 is 0 Å². The van der Waals surface area contributed by atoms with Gasteiger partial charge in [-0.15, -0.1) is 11.3 Å². The van der Waals surface area contributed by atoms with Gasteiger partial charge in [-0.2, -0.15) is 0 Å². The fraction of sp³-hybridized carbons (Fsp3) is 0. The number of thiophene rings is 1. The predicted molar refractivity (Wildman–Crippen MR) is 172 cm³/mol. The third kappa shape index (κ3) is 3.13. The molecule has 9 aromatic rings. The Morgan fingerprint density at radius 2 is 1.25 bits per heavy atom. The number of pyridine rings is 1. The molecule has 0 unspecified atom stereocenters. The molecule has 40 heavy (non-hydrogen) atoms. The van der Waals surface area contributed by atoms with Crippen LogP contribution in [0.1, 0.15) is 0 Å². The third-order valence-corrected chi connectivity index (χ3v) is 9.34. The maximum atomic E-state index is 5.33. The first-order valence-electron chi connectivity index (χ1n) is 13.6. The molecule has 0 saturated heterocycles. The summed E-state index contributed by atoms with van der Waals surface area (Å²) < 4.78 is 5.00. The molecular weight excluding hydrogens is 504 g/mol. The van der Waals surface area contributed by atoms with Gasteiger partial charge in [-0.1, -0.05) is 84.9 Å². The van der Waals surface area contributed by atoms with Gasteiger partial charge >= 0.3 is 0 Å². The maximum absolute atomic E-state index is 5.33. The Bertz CT molecular complexity index is 2430. The summed E-state index contributed by atoms with van der Waals surface area (Å²) in [6, 6.07) is 48.2. The van der Waals surface area contributed by atoms with E-state index in [2.05, 4.69) is 138 Å². The monoisotopic (exact) mass is 526 g/mol. The molecular formula is C37H22N2S. The van der Waals surface area contributed by atoms with Gasteiger partial charge in [0.15, 0.2) is 0 Å². The Morgan fingerprint density at radius 1 is 0.525 bits per heavy atom. The third-order valence-electron chi connectivity index (χ3n) is 8.13. The van der Waals surface area contributed by atoms with Crippen LogP contribution in [0.25, 0.3) is 80.6 Å². The van der Waals surface area contributed by atoms with E-state index in [0.717, 1.165) is 28.0 Å². The van der Waals surface area contributed by atoms with Crippen molar-refractivity contribution in [2.45, 2.75) is 0 Å². The molecule has 0 spiro atoms. The quantitative estimate of drug-likeness (QED) is 0.205. The van der Waals surface area contributed by atoms with E-state index >= 15 is 0 Å². The Hall–Kier alpha value is -4.99. The number of fused-ring (bicyclic) bond motifs is 9. The van der Waals surface area contributed by atoms with Crippen molar-refractivity contribution in [3.05, 3.63) is 133 Å². The molecule has 9 rings (SSSR count). The molecule has 0 fully saturated rings. The van der Waals surface area contributed by atoms with E-state index in [0.29, 0.717) is 0 Å². The summed E-state index contributed by atoms with van der Waals surface area (Å²) in [6.07, 6.45) is 0. The molecule has 186 valence electrons. The van der Waals surface area contributed by atoms with Crippen LogP contribution in [0.15, 0.2) is 133 Å². The lowest BCUT2D eigenvalue weighted by atomic mass is 10.0. The van der Waals surface area contributed by atoms with Gasteiger partial charge in [0.2, 0.25) is 0 Å². The lowest BCUT2D eigenvalue weighted by Gasteiger charge is -2.10. The van der Waals surface area contributed by atoms with Gasteiger partial charge in [-0.3, -0.25) is 0 Å². The van der Waals surface area contributed by atoms with Gasteiger partial charge in [0, 0.05) is 36.8 Å². The van der Waals surface area contributed by atoms with Gasteiger partial charge in [0.1, 0.15) is 0 Å². The maximum Gasteiger partial charge on any atom is 0.0985 e. The first kappa shape index (κ1) is 21.9. The second-order valence-corrected chi connectivity index (χ2v) is 11.5. The van der Waals surface area contributed by atoms with Crippen LogP contribution in [0.4, 0.5) is 0 Å². The molecule has 0 radical (unpaired) electrons. The minimum absolute atomic E-state index is 0.996. The van der Waals surface area contributed by atoms with E-state index < -0.39 is 0 Å². The van der Waals surface area contributed by atoms with Crippen LogP contribution in [0.5, 0.6) is 0 Å². The number of nitrogens with zero attached hydrogens (tertiary/aromatic N) is 2. The number of hydrogen-bond acceptors (Lipinski definition) is 2. The average Bonchev–Trinajstić information content (AvgIpc) is 3.55. The normalized spacial score (nSPS) is 12.0. The first-order valence-corrected chi connectivity index (χ1v) is 14.4. The highest BCUT2D eigenvalue weighted by molar-refractivity contribution is 7.26. The molecule has 0 saturated carbocycles. The van der Waals surface area contributed by atoms with Crippen LogP contribution in [0, 0.1) is 0 Å². The van der Waals surface area contributed by atoms with Gasteiger partial charge < -0.3 is 4.57 Å². The highest BCUT2D eigenvalue weighted by atomic mass is 32.1. The van der Waals surface area contributed by atoms with Crippen molar-refractivity contribution in [3.63, 3.8) is 0 Å². The fourth-order valence-corrected chi connectivity index (χ4v) is 7.50. The smallest absolute Gasteiger partial charge is 0.0985 e. The van der Waals surface area contributed by atoms with E-state index in [9.17, 15) is 0 Å². The summed E-state index contributed by atoms with van der Waals surface area (Å²) in [5.74, 6) is 0. The molecule has 0 amide bonds. The van der Waals surface area contributed by atoms with Crippen LogP contribution in [0.2, 0.25) is 0 Å². The number of aromatic nitrogens is 2.